The summed E-state index contributed by atoms with van der Waals surface area (Å²) in [5, 5.41) is 22.3. The molecule has 1 N–H and O–H groups in total. The van der Waals surface area contributed by atoms with Crippen molar-refractivity contribution in [1.29, 1.82) is 0 Å². The van der Waals surface area contributed by atoms with E-state index in [1.54, 1.807) is 12.1 Å². The summed E-state index contributed by atoms with van der Waals surface area (Å²) in [5.74, 6) is 1.51. The molecule has 4 aliphatic rings. The Labute approximate surface area is 176 Å². The second-order valence-corrected chi connectivity index (χ2v) is 9.72. The van der Waals surface area contributed by atoms with Gasteiger partial charge in [0.05, 0.1) is 0 Å². The Morgan fingerprint density at radius 3 is 2.21 bits per heavy atom. The molecule has 0 saturated heterocycles. The molecule has 0 radical (unpaired) electrons. The van der Waals surface area contributed by atoms with E-state index in [4.69, 9.17) is 16.7 Å². The lowest BCUT2D eigenvalue weighted by Gasteiger charge is -2.58. The van der Waals surface area contributed by atoms with Crippen LogP contribution in [0.25, 0.3) is 17.2 Å². The third-order valence-corrected chi connectivity index (χ3v) is 7.67. The van der Waals surface area contributed by atoms with Crippen LogP contribution in [0, 0.1) is 17.8 Å². The number of hydrogen-bond donors (Lipinski definition) is 1. The van der Waals surface area contributed by atoms with Gasteiger partial charge >= 0.3 is 5.97 Å². The largest absolute Gasteiger partial charge is 0.872 e. The van der Waals surface area contributed by atoms with E-state index in [1.165, 1.54) is 25.3 Å². The molecular formula is C25H24ClO3-. The van der Waals surface area contributed by atoms with Gasteiger partial charge in [0.15, 0.2) is 0 Å². The molecule has 0 aromatic heterocycles. The summed E-state index contributed by atoms with van der Waals surface area (Å²) >= 11 is 6.24. The second kappa shape index (κ2) is 6.91. The van der Waals surface area contributed by atoms with Gasteiger partial charge in [0.1, 0.15) is 0 Å². The lowest BCUT2D eigenvalue weighted by Crippen LogP contribution is -2.48. The van der Waals surface area contributed by atoms with E-state index in [0.717, 1.165) is 59.8 Å². The van der Waals surface area contributed by atoms with Gasteiger partial charge in [-0.05, 0) is 102 Å². The van der Waals surface area contributed by atoms with Gasteiger partial charge in [0, 0.05) is 11.1 Å². The molecule has 6 rings (SSSR count). The molecule has 4 saturated carbocycles. The van der Waals surface area contributed by atoms with E-state index >= 15 is 0 Å². The predicted molar refractivity (Wildman–Crippen MR) is 113 cm³/mol. The van der Waals surface area contributed by atoms with Crippen molar-refractivity contribution in [2.24, 2.45) is 17.8 Å². The van der Waals surface area contributed by atoms with Crippen LogP contribution in [-0.4, -0.2) is 11.1 Å². The lowest BCUT2D eigenvalue weighted by atomic mass is 9.48. The molecule has 0 unspecified atom stereocenters. The predicted octanol–water partition coefficient (Wildman–Crippen LogP) is 5.65. The molecule has 29 heavy (non-hydrogen) atoms. The first-order valence-corrected chi connectivity index (χ1v) is 10.8. The van der Waals surface area contributed by atoms with Gasteiger partial charge in [-0.25, -0.2) is 4.79 Å². The average Bonchev–Trinajstić information content (AvgIpc) is 2.66. The van der Waals surface area contributed by atoms with E-state index in [0.29, 0.717) is 10.6 Å². The summed E-state index contributed by atoms with van der Waals surface area (Å²) in [5.41, 5.74) is 3.66. The molecule has 4 fully saturated rings. The monoisotopic (exact) mass is 407 g/mol. The first kappa shape index (κ1) is 18.7. The van der Waals surface area contributed by atoms with E-state index in [1.807, 2.05) is 18.2 Å². The lowest BCUT2D eigenvalue weighted by molar-refractivity contribution is -0.271. The smallest absolute Gasteiger partial charge is 0.328 e. The number of benzene rings is 2. The van der Waals surface area contributed by atoms with Crippen LogP contribution in [0.5, 0.6) is 5.75 Å². The van der Waals surface area contributed by atoms with Gasteiger partial charge in [-0.15, -0.1) is 5.75 Å². The molecule has 0 amide bonds. The fourth-order valence-corrected chi connectivity index (χ4v) is 6.76. The molecule has 4 aliphatic carbocycles. The van der Waals surface area contributed by atoms with Crippen molar-refractivity contribution in [3.05, 3.63) is 58.6 Å². The van der Waals surface area contributed by atoms with Crippen molar-refractivity contribution in [3.8, 4) is 16.9 Å². The Morgan fingerprint density at radius 1 is 1.00 bits per heavy atom. The van der Waals surface area contributed by atoms with Crippen LogP contribution in [0.3, 0.4) is 0 Å². The summed E-state index contributed by atoms with van der Waals surface area (Å²) in [6.07, 6.45) is 10.1. The van der Waals surface area contributed by atoms with Crippen molar-refractivity contribution >= 4 is 23.6 Å². The summed E-state index contributed by atoms with van der Waals surface area (Å²) < 4.78 is 0. The maximum absolute atomic E-state index is 12.9. The molecule has 2 aromatic rings. The van der Waals surface area contributed by atoms with Crippen molar-refractivity contribution in [2.75, 3.05) is 0 Å². The summed E-state index contributed by atoms with van der Waals surface area (Å²) in [6, 6.07) is 11.3. The number of rotatable bonds is 4. The van der Waals surface area contributed by atoms with Crippen LogP contribution in [0.2, 0.25) is 5.02 Å². The first-order valence-electron chi connectivity index (χ1n) is 10.4. The number of hydrogen-bond acceptors (Lipinski definition) is 2. The van der Waals surface area contributed by atoms with Crippen molar-refractivity contribution < 1.29 is 15.0 Å². The third kappa shape index (κ3) is 3.36. The first-order chi connectivity index (χ1) is 13.9. The highest BCUT2D eigenvalue weighted by Crippen LogP contribution is 2.61. The van der Waals surface area contributed by atoms with Gasteiger partial charge in [0.25, 0.3) is 0 Å². The molecule has 0 heterocycles. The highest BCUT2D eigenvalue weighted by Gasteiger charge is 2.51. The molecule has 4 bridgehead atoms. The summed E-state index contributed by atoms with van der Waals surface area (Å²) in [4.78, 5) is 10.9. The van der Waals surface area contributed by atoms with Gasteiger partial charge < -0.3 is 10.2 Å². The SMILES string of the molecule is O=C(O)/C=C/c1cc(-c2ccc([O-])c(C34CC5CC(CC(C5)C3)C4)c2)ccc1Cl. The number of carboxylic acids is 1. The highest BCUT2D eigenvalue weighted by molar-refractivity contribution is 6.32. The van der Waals surface area contributed by atoms with E-state index in [2.05, 4.69) is 6.07 Å². The third-order valence-electron chi connectivity index (χ3n) is 7.32. The minimum Gasteiger partial charge on any atom is -0.872 e. The Balaban J connectivity index is 1.54. The maximum Gasteiger partial charge on any atom is 0.328 e. The quantitative estimate of drug-likeness (QED) is 0.666. The van der Waals surface area contributed by atoms with Crippen molar-refractivity contribution in [3.63, 3.8) is 0 Å². The standard InChI is InChI=1S/C25H25ClO3/c26-22-4-1-18(10-20(22)3-6-24(28)29)19-2-5-23(27)21(11-19)25-12-15-7-16(13-25)9-17(8-15)14-25/h1-6,10-11,15-17,27H,7-9,12-14H2,(H,28,29)/p-1/b6-3+. The number of aliphatic carboxylic acids is 1. The maximum atomic E-state index is 12.9. The van der Waals surface area contributed by atoms with Crippen molar-refractivity contribution in [1.82, 2.24) is 0 Å². The van der Waals surface area contributed by atoms with Crippen LogP contribution in [0.4, 0.5) is 0 Å². The number of halogens is 1. The number of carboxylic acid groups (broad SMARTS) is 1. The van der Waals surface area contributed by atoms with Crippen LogP contribution >= 0.6 is 11.6 Å². The fraction of sp³-hybridized carbons (Fsp3) is 0.400. The Bertz CT molecular complexity index is 972. The van der Waals surface area contributed by atoms with Gasteiger partial charge in [0.2, 0.25) is 0 Å². The molecule has 0 spiro atoms. The average molecular weight is 408 g/mol. The molecule has 0 aliphatic heterocycles. The Kier molecular flexibility index (Phi) is 4.47. The molecular weight excluding hydrogens is 384 g/mol. The highest BCUT2D eigenvalue weighted by atomic mass is 35.5. The van der Waals surface area contributed by atoms with E-state index in [9.17, 15) is 9.90 Å². The van der Waals surface area contributed by atoms with Gasteiger partial charge in [-0.2, -0.15) is 0 Å². The van der Waals surface area contributed by atoms with Crippen molar-refractivity contribution in [2.45, 2.75) is 43.9 Å². The number of carbonyl (C=O) groups is 1. The molecule has 3 nitrogen and oxygen atoms in total. The molecule has 0 atom stereocenters. The fourth-order valence-electron chi connectivity index (χ4n) is 6.58. The zero-order chi connectivity index (χ0) is 20.2. The second-order valence-electron chi connectivity index (χ2n) is 9.32. The summed E-state index contributed by atoms with van der Waals surface area (Å²) in [6.45, 7) is 0. The zero-order valence-electron chi connectivity index (χ0n) is 16.2. The zero-order valence-corrected chi connectivity index (χ0v) is 17.0. The van der Waals surface area contributed by atoms with Crippen LogP contribution in [0.15, 0.2) is 42.5 Å². The van der Waals surface area contributed by atoms with Crippen LogP contribution in [-0.2, 0) is 10.2 Å². The minimum atomic E-state index is -1.01. The van der Waals surface area contributed by atoms with Crippen LogP contribution in [0.1, 0.15) is 49.7 Å². The van der Waals surface area contributed by atoms with Gasteiger partial charge in [-0.1, -0.05) is 35.9 Å². The normalized spacial score (nSPS) is 30.2. The molecule has 2 aromatic carbocycles. The minimum absolute atomic E-state index is 0.0559. The van der Waals surface area contributed by atoms with Crippen LogP contribution < -0.4 is 5.11 Å². The van der Waals surface area contributed by atoms with Gasteiger partial charge in [-0.3, -0.25) is 0 Å². The Hall–Kier alpha value is -2.26. The van der Waals surface area contributed by atoms with E-state index < -0.39 is 5.97 Å². The topological polar surface area (TPSA) is 60.4 Å². The molecule has 4 heteroatoms. The Morgan fingerprint density at radius 2 is 1.59 bits per heavy atom. The van der Waals surface area contributed by atoms with E-state index in [-0.39, 0.29) is 11.2 Å². The summed E-state index contributed by atoms with van der Waals surface area (Å²) in [7, 11) is 0. The molecule has 150 valence electrons.